The maximum Gasteiger partial charge on any atom is 0.164 e. The molecule has 4 nitrogen and oxygen atoms in total. The van der Waals surface area contributed by atoms with Crippen molar-refractivity contribution in [3.8, 4) is 62.1 Å². The summed E-state index contributed by atoms with van der Waals surface area (Å²) in [6.07, 6.45) is 0. The number of hydrogen-bond donors (Lipinski definition) is 0. The molecule has 2 heterocycles. The molecule has 2 aromatic heterocycles. The van der Waals surface area contributed by atoms with Gasteiger partial charge in [-0.15, -0.1) is 0 Å². The molecule has 254 valence electrons. The highest BCUT2D eigenvalue weighted by molar-refractivity contribution is 6.31. The molecule has 0 fully saturated rings. The molecule has 0 amide bonds. The molecule has 1 aliphatic carbocycles. The molecule has 0 radical (unpaired) electrons. The number of hydrogen-bond acceptors (Lipinski definition) is 3. The number of rotatable bonds is 4. The molecule has 4 heteroatoms. The SMILES string of the molecule is c1ccc(-c2nc(-c3ccccc3)nc(-c3ccc(-n4c5cccc6c5c5c7c(cccc7ccc54)-c4cc5ccccc5cc4-6)c4ccccc34)n2)cc1. The molecule has 0 spiro atoms. The lowest BCUT2D eigenvalue weighted by molar-refractivity contribution is 1.08. The second-order valence-electron chi connectivity index (χ2n) is 14.4. The molecule has 9 aromatic carbocycles. The van der Waals surface area contributed by atoms with Crippen LogP contribution in [0.4, 0.5) is 0 Å². The Morgan fingerprint density at radius 2 is 0.855 bits per heavy atom. The van der Waals surface area contributed by atoms with Gasteiger partial charge in [0.2, 0.25) is 0 Å². The van der Waals surface area contributed by atoms with Gasteiger partial charge in [-0.25, -0.2) is 15.0 Å². The summed E-state index contributed by atoms with van der Waals surface area (Å²) in [5.74, 6) is 1.95. The van der Waals surface area contributed by atoms with Gasteiger partial charge in [-0.05, 0) is 85.6 Å². The largest absolute Gasteiger partial charge is 0.309 e. The number of benzene rings is 9. The van der Waals surface area contributed by atoms with E-state index >= 15 is 0 Å². The molecule has 0 saturated heterocycles. The molecular formula is C51H30N4. The van der Waals surface area contributed by atoms with Gasteiger partial charge in [0.15, 0.2) is 17.5 Å². The maximum absolute atomic E-state index is 5.12. The minimum atomic E-state index is 0.647. The van der Waals surface area contributed by atoms with Crippen molar-refractivity contribution >= 4 is 54.1 Å². The third-order valence-electron chi connectivity index (χ3n) is 11.3. The summed E-state index contributed by atoms with van der Waals surface area (Å²) in [4.78, 5) is 15.2. The van der Waals surface area contributed by atoms with Crippen molar-refractivity contribution in [2.24, 2.45) is 0 Å². The van der Waals surface area contributed by atoms with Crippen LogP contribution in [0.15, 0.2) is 182 Å². The molecule has 0 bridgehead atoms. The third kappa shape index (κ3) is 4.43. The lowest BCUT2D eigenvalue weighted by atomic mass is 9.91. The van der Waals surface area contributed by atoms with E-state index in [4.69, 9.17) is 15.0 Å². The Morgan fingerprint density at radius 3 is 1.55 bits per heavy atom. The van der Waals surface area contributed by atoms with Crippen LogP contribution in [-0.2, 0) is 0 Å². The van der Waals surface area contributed by atoms with Crippen LogP contribution in [-0.4, -0.2) is 19.5 Å². The van der Waals surface area contributed by atoms with Crippen molar-refractivity contribution in [3.05, 3.63) is 182 Å². The first-order valence-electron chi connectivity index (χ1n) is 18.7. The second-order valence-corrected chi connectivity index (χ2v) is 14.4. The summed E-state index contributed by atoms with van der Waals surface area (Å²) in [6.45, 7) is 0. The highest BCUT2D eigenvalue weighted by Gasteiger charge is 2.26. The Morgan fingerprint density at radius 1 is 0.309 bits per heavy atom. The number of fused-ring (bicyclic) bond motifs is 5. The number of nitrogens with zero attached hydrogens (tertiary/aromatic N) is 4. The zero-order valence-electron chi connectivity index (χ0n) is 29.6. The lowest BCUT2D eigenvalue weighted by Crippen LogP contribution is -2.01. The van der Waals surface area contributed by atoms with Gasteiger partial charge >= 0.3 is 0 Å². The molecule has 12 rings (SSSR count). The predicted molar refractivity (Wildman–Crippen MR) is 227 cm³/mol. The molecule has 1 aliphatic rings. The Balaban J connectivity index is 1.14. The van der Waals surface area contributed by atoms with Gasteiger partial charge in [-0.2, -0.15) is 0 Å². The van der Waals surface area contributed by atoms with Crippen molar-refractivity contribution < 1.29 is 0 Å². The van der Waals surface area contributed by atoms with Gasteiger partial charge in [-0.1, -0.05) is 146 Å². The van der Waals surface area contributed by atoms with Gasteiger partial charge in [0.1, 0.15) is 0 Å². The van der Waals surface area contributed by atoms with E-state index in [-0.39, 0.29) is 0 Å². The standard InChI is InChI=1S/C51H30N4/c1-3-13-32(14-4-1)49-52-50(33-15-5-2-6-16-33)54-51(53-49)40-26-28-43(37-21-10-9-20-36(37)40)55-44-24-12-23-39-42-30-35-18-8-7-17-34(35)29-41(42)38-22-11-19-31-25-27-45(55)48(46(31)38)47(39)44/h1-30H. The van der Waals surface area contributed by atoms with Crippen LogP contribution in [0.5, 0.6) is 0 Å². The van der Waals surface area contributed by atoms with Gasteiger partial charge in [0.25, 0.3) is 0 Å². The van der Waals surface area contributed by atoms with Crippen LogP contribution in [0.25, 0.3) is 116 Å². The second kappa shape index (κ2) is 11.5. The molecule has 11 aromatic rings. The van der Waals surface area contributed by atoms with E-state index in [9.17, 15) is 0 Å². The van der Waals surface area contributed by atoms with Crippen LogP contribution >= 0.6 is 0 Å². The summed E-state index contributed by atoms with van der Waals surface area (Å²) in [6, 6.07) is 65.1. The van der Waals surface area contributed by atoms with Crippen molar-refractivity contribution in [1.82, 2.24) is 19.5 Å². The summed E-state index contributed by atoms with van der Waals surface area (Å²) >= 11 is 0. The van der Waals surface area contributed by atoms with E-state index in [2.05, 4.69) is 150 Å². The van der Waals surface area contributed by atoms with Crippen LogP contribution < -0.4 is 0 Å². The average Bonchev–Trinajstić information content (AvgIpc) is 3.54. The van der Waals surface area contributed by atoms with E-state index in [0.29, 0.717) is 17.5 Å². The van der Waals surface area contributed by atoms with E-state index < -0.39 is 0 Å². The summed E-state index contributed by atoms with van der Waals surface area (Å²) < 4.78 is 2.47. The van der Waals surface area contributed by atoms with Crippen molar-refractivity contribution in [3.63, 3.8) is 0 Å². The highest BCUT2D eigenvalue weighted by atomic mass is 15.0. The first-order chi connectivity index (χ1) is 27.3. The molecule has 0 N–H and O–H groups in total. The molecule has 55 heavy (non-hydrogen) atoms. The fourth-order valence-corrected chi connectivity index (χ4v) is 8.92. The van der Waals surface area contributed by atoms with Crippen LogP contribution in [0, 0.1) is 0 Å². The monoisotopic (exact) mass is 698 g/mol. The van der Waals surface area contributed by atoms with E-state index in [0.717, 1.165) is 33.2 Å². The van der Waals surface area contributed by atoms with Gasteiger partial charge < -0.3 is 4.57 Å². The lowest BCUT2D eigenvalue weighted by Gasteiger charge is -2.17. The normalized spacial score (nSPS) is 12.0. The van der Waals surface area contributed by atoms with Gasteiger partial charge in [-0.3, -0.25) is 0 Å². The van der Waals surface area contributed by atoms with E-state index in [1.54, 1.807) is 0 Å². The van der Waals surface area contributed by atoms with Crippen LogP contribution in [0.1, 0.15) is 0 Å². The number of aromatic nitrogens is 4. The summed E-state index contributed by atoms with van der Waals surface area (Å²) in [5, 5.41) is 9.85. The average molecular weight is 699 g/mol. The molecule has 0 saturated carbocycles. The minimum absolute atomic E-state index is 0.647. The smallest absolute Gasteiger partial charge is 0.164 e. The van der Waals surface area contributed by atoms with E-state index in [1.807, 2.05) is 36.4 Å². The molecule has 0 unspecified atom stereocenters. The predicted octanol–water partition coefficient (Wildman–Crippen LogP) is 13.1. The zero-order chi connectivity index (χ0) is 36.0. The Labute approximate surface area is 316 Å². The van der Waals surface area contributed by atoms with Crippen molar-refractivity contribution in [1.29, 1.82) is 0 Å². The Hall–Kier alpha value is -7.43. The molecule has 0 atom stereocenters. The van der Waals surface area contributed by atoms with Crippen LogP contribution in [0.3, 0.4) is 0 Å². The van der Waals surface area contributed by atoms with Gasteiger partial charge in [0, 0.05) is 32.8 Å². The highest BCUT2D eigenvalue weighted by Crippen LogP contribution is 2.51. The topological polar surface area (TPSA) is 43.6 Å². The first kappa shape index (κ1) is 30.1. The van der Waals surface area contributed by atoms with Crippen molar-refractivity contribution in [2.75, 3.05) is 0 Å². The van der Waals surface area contributed by atoms with Crippen LogP contribution in [0.2, 0.25) is 0 Å². The maximum atomic E-state index is 5.12. The fourth-order valence-electron chi connectivity index (χ4n) is 8.92. The summed E-state index contributed by atoms with van der Waals surface area (Å²) in [5.41, 5.74) is 11.5. The minimum Gasteiger partial charge on any atom is -0.309 e. The Bertz CT molecular complexity index is 3310. The molecular weight excluding hydrogens is 669 g/mol. The van der Waals surface area contributed by atoms with Crippen molar-refractivity contribution in [2.45, 2.75) is 0 Å². The molecule has 0 aliphatic heterocycles. The Kier molecular flexibility index (Phi) is 6.31. The first-order valence-corrected chi connectivity index (χ1v) is 18.7. The third-order valence-corrected chi connectivity index (χ3v) is 11.3. The fraction of sp³-hybridized carbons (Fsp3) is 0. The summed E-state index contributed by atoms with van der Waals surface area (Å²) in [7, 11) is 0. The van der Waals surface area contributed by atoms with Gasteiger partial charge in [0.05, 0.1) is 16.7 Å². The quantitative estimate of drug-likeness (QED) is 0.184. The zero-order valence-corrected chi connectivity index (χ0v) is 29.6. The van der Waals surface area contributed by atoms with E-state index in [1.165, 1.54) is 65.6 Å².